The molecule has 0 aliphatic carbocycles. The van der Waals surface area contributed by atoms with Crippen LogP contribution >= 0.6 is 0 Å². The van der Waals surface area contributed by atoms with E-state index in [1.807, 2.05) is 19.9 Å². The molecule has 0 atom stereocenters. The molecule has 1 aromatic rings. The molecule has 1 heterocycles. The van der Waals surface area contributed by atoms with Gasteiger partial charge in [0.1, 0.15) is 11.6 Å². The fourth-order valence-corrected chi connectivity index (χ4v) is 2.54. The van der Waals surface area contributed by atoms with Gasteiger partial charge in [-0.05, 0) is 39.5 Å². The Labute approximate surface area is 117 Å². The molecule has 0 radical (unpaired) electrons. The fourth-order valence-electron chi connectivity index (χ4n) is 2.54. The Morgan fingerprint density at radius 1 is 1.16 bits per heavy atom. The van der Waals surface area contributed by atoms with Crippen molar-refractivity contribution in [3.63, 3.8) is 0 Å². The van der Waals surface area contributed by atoms with Crippen LogP contribution in [0.15, 0.2) is 6.07 Å². The van der Waals surface area contributed by atoms with E-state index >= 15 is 0 Å². The molecule has 4 heteroatoms. The number of hydrogen-bond acceptors (Lipinski definition) is 4. The lowest BCUT2D eigenvalue weighted by Crippen LogP contribution is -2.35. The SMILES string of the molecule is CCOc1cc(NC(C)(C)CC(C)(C)C)nc(C)n1. The van der Waals surface area contributed by atoms with Crippen molar-refractivity contribution < 1.29 is 4.74 Å². The van der Waals surface area contributed by atoms with Crippen LogP contribution in [0.3, 0.4) is 0 Å². The van der Waals surface area contributed by atoms with Gasteiger partial charge >= 0.3 is 0 Å². The summed E-state index contributed by atoms with van der Waals surface area (Å²) in [7, 11) is 0. The lowest BCUT2D eigenvalue weighted by Gasteiger charge is -2.33. The third kappa shape index (κ3) is 5.90. The molecule has 1 aromatic heterocycles. The number of rotatable bonds is 5. The first-order chi connectivity index (χ1) is 8.61. The highest BCUT2D eigenvalue weighted by Crippen LogP contribution is 2.29. The molecule has 0 unspecified atom stereocenters. The van der Waals surface area contributed by atoms with Crippen LogP contribution in [0.1, 0.15) is 53.8 Å². The van der Waals surface area contributed by atoms with Crippen molar-refractivity contribution >= 4 is 5.82 Å². The number of nitrogens with one attached hydrogen (secondary N) is 1. The first kappa shape index (κ1) is 15.7. The average molecular weight is 265 g/mol. The predicted octanol–water partition coefficient (Wildman–Crippen LogP) is 3.81. The summed E-state index contributed by atoms with van der Waals surface area (Å²) in [6, 6.07) is 1.86. The Morgan fingerprint density at radius 3 is 2.32 bits per heavy atom. The number of nitrogens with zero attached hydrogens (tertiary/aromatic N) is 2. The normalized spacial score (nSPS) is 12.4. The highest BCUT2D eigenvalue weighted by Gasteiger charge is 2.25. The van der Waals surface area contributed by atoms with Gasteiger partial charge in [0.05, 0.1) is 6.61 Å². The van der Waals surface area contributed by atoms with Crippen LogP contribution in [0.5, 0.6) is 5.88 Å². The maximum atomic E-state index is 5.45. The van der Waals surface area contributed by atoms with Gasteiger partial charge in [-0.3, -0.25) is 0 Å². The summed E-state index contributed by atoms with van der Waals surface area (Å²) in [5.41, 5.74) is 0.240. The lowest BCUT2D eigenvalue weighted by atomic mass is 9.82. The number of ether oxygens (including phenoxy) is 1. The number of hydrogen-bond donors (Lipinski definition) is 1. The molecule has 0 saturated carbocycles. The number of aromatic nitrogens is 2. The van der Waals surface area contributed by atoms with Crippen LogP contribution in [0.25, 0.3) is 0 Å². The molecular weight excluding hydrogens is 238 g/mol. The fraction of sp³-hybridized carbons (Fsp3) is 0.733. The van der Waals surface area contributed by atoms with Crippen molar-refractivity contribution in [3.05, 3.63) is 11.9 Å². The highest BCUT2D eigenvalue weighted by atomic mass is 16.5. The third-order valence-corrected chi connectivity index (χ3v) is 2.55. The van der Waals surface area contributed by atoms with Crippen molar-refractivity contribution in [3.8, 4) is 5.88 Å². The summed E-state index contributed by atoms with van der Waals surface area (Å²) >= 11 is 0. The van der Waals surface area contributed by atoms with Gasteiger partial charge in [-0.1, -0.05) is 20.8 Å². The molecule has 0 saturated heterocycles. The van der Waals surface area contributed by atoms with Crippen molar-refractivity contribution in [2.45, 2.75) is 60.4 Å². The average Bonchev–Trinajstić information content (AvgIpc) is 2.10. The standard InChI is InChI=1S/C15H27N3O/c1-8-19-13-9-12(16-11(2)17-13)18-15(6,7)10-14(3,4)5/h9H,8,10H2,1-7H3,(H,16,17,18). The van der Waals surface area contributed by atoms with Crippen molar-refractivity contribution in [1.29, 1.82) is 0 Å². The molecule has 0 bridgehead atoms. The summed E-state index contributed by atoms with van der Waals surface area (Å²) in [6.07, 6.45) is 1.05. The number of aryl methyl sites for hydroxylation is 1. The zero-order valence-corrected chi connectivity index (χ0v) is 13.3. The zero-order chi connectivity index (χ0) is 14.7. The van der Waals surface area contributed by atoms with Crippen LogP contribution < -0.4 is 10.1 Å². The first-order valence-corrected chi connectivity index (χ1v) is 6.88. The Balaban J connectivity index is 2.86. The van der Waals surface area contributed by atoms with Crippen molar-refractivity contribution in [2.24, 2.45) is 5.41 Å². The van der Waals surface area contributed by atoms with Crippen LogP contribution in [-0.2, 0) is 0 Å². The summed E-state index contributed by atoms with van der Waals surface area (Å²) in [5.74, 6) is 2.18. The van der Waals surface area contributed by atoms with E-state index in [2.05, 4.69) is 49.9 Å². The van der Waals surface area contributed by atoms with E-state index in [4.69, 9.17) is 4.74 Å². The molecule has 4 nitrogen and oxygen atoms in total. The van der Waals surface area contributed by atoms with Gasteiger partial charge in [-0.2, -0.15) is 4.98 Å². The minimum atomic E-state index is -0.0253. The molecule has 1 rings (SSSR count). The second-order valence-corrected chi connectivity index (χ2v) is 6.82. The van der Waals surface area contributed by atoms with Gasteiger partial charge in [0, 0.05) is 11.6 Å². The zero-order valence-electron chi connectivity index (χ0n) is 13.3. The predicted molar refractivity (Wildman–Crippen MR) is 79.7 cm³/mol. The third-order valence-electron chi connectivity index (χ3n) is 2.55. The van der Waals surface area contributed by atoms with Gasteiger partial charge in [-0.15, -0.1) is 0 Å². The van der Waals surface area contributed by atoms with E-state index < -0.39 is 0 Å². The molecule has 0 aliphatic rings. The highest BCUT2D eigenvalue weighted by molar-refractivity contribution is 5.40. The van der Waals surface area contributed by atoms with Gasteiger partial charge in [0.25, 0.3) is 0 Å². The quantitative estimate of drug-likeness (QED) is 0.879. The minimum Gasteiger partial charge on any atom is -0.478 e. The van der Waals surface area contributed by atoms with Crippen molar-refractivity contribution in [1.82, 2.24) is 9.97 Å². The van der Waals surface area contributed by atoms with Gasteiger partial charge in [0.15, 0.2) is 0 Å². The Hall–Kier alpha value is -1.32. The van der Waals surface area contributed by atoms with Crippen molar-refractivity contribution in [2.75, 3.05) is 11.9 Å². The van der Waals surface area contributed by atoms with Crippen LogP contribution in [0, 0.1) is 12.3 Å². The molecule has 0 amide bonds. The molecule has 0 aromatic carbocycles. The maximum absolute atomic E-state index is 5.45. The Morgan fingerprint density at radius 2 is 1.79 bits per heavy atom. The van der Waals surface area contributed by atoms with Crippen LogP contribution in [0.2, 0.25) is 0 Å². The van der Waals surface area contributed by atoms with E-state index in [0.717, 1.165) is 18.1 Å². The van der Waals surface area contributed by atoms with Crippen LogP contribution in [0.4, 0.5) is 5.82 Å². The monoisotopic (exact) mass is 265 g/mol. The van der Waals surface area contributed by atoms with E-state index in [0.29, 0.717) is 12.5 Å². The van der Waals surface area contributed by atoms with Gasteiger partial charge in [-0.25, -0.2) is 4.98 Å². The largest absolute Gasteiger partial charge is 0.478 e. The number of anilines is 1. The van der Waals surface area contributed by atoms with E-state index in [1.54, 1.807) is 0 Å². The minimum absolute atomic E-state index is 0.0253. The van der Waals surface area contributed by atoms with E-state index in [-0.39, 0.29) is 11.0 Å². The Bertz CT molecular complexity index is 422. The molecule has 0 spiro atoms. The van der Waals surface area contributed by atoms with Crippen LogP contribution in [-0.4, -0.2) is 22.1 Å². The second-order valence-electron chi connectivity index (χ2n) is 6.82. The summed E-state index contributed by atoms with van der Waals surface area (Å²) in [4.78, 5) is 8.68. The molecule has 0 aliphatic heterocycles. The molecule has 0 fully saturated rings. The second kappa shape index (κ2) is 5.76. The molecular formula is C15H27N3O. The summed E-state index contributed by atoms with van der Waals surface area (Å²) in [6.45, 7) is 15.6. The Kier molecular flexibility index (Phi) is 4.77. The maximum Gasteiger partial charge on any atom is 0.218 e. The molecule has 108 valence electrons. The topological polar surface area (TPSA) is 47.0 Å². The summed E-state index contributed by atoms with van der Waals surface area (Å²) in [5, 5.41) is 3.48. The molecule has 1 N–H and O–H groups in total. The smallest absolute Gasteiger partial charge is 0.218 e. The summed E-state index contributed by atoms with van der Waals surface area (Å²) < 4.78 is 5.45. The lowest BCUT2D eigenvalue weighted by molar-refractivity contribution is 0.301. The van der Waals surface area contributed by atoms with Gasteiger partial charge in [0.2, 0.25) is 5.88 Å². The van der Waals surface area contributed by atoms with E-state index in [9.17, 15) is 0 Å². The van der Waals surface area contributed by atoms with E-state index in [1.165, 1.54) is 0 Å². The first-order valence-electron chi connectivity index (χ1n) is 6.88. The van der Waals surface area contributed by atoms with Gasteiger partial charge < -0.3 is 10.1 Å². The molecule has 19 heavy (non-hydrogen) atoms.